The summed E-state index contributed by atoms with van der Waals surface area (Å²) in [4.78, 5) is 11.7. The molecule has 0 aliphatic carbocycles. The fraction of sp³-hybridized carbons (Fsp3) is 0.957. The molecule has 0 aromatic carbocycles. The van der Waals surface area contributed by atoms with Gasteiger partial charge in [-0.2, -0.15) is 0 Å². The van der Waals surface area contributed by atoms with Gasteiger partial charge < -0.3 is 14.2 Å². The zero-order chi connectivity index (χ0) is 19.6. The van der Waals surface area contributed by atoms with Gasteiger partial charge in [-0.3, -0.25) is 4.79 Å². The second-order valence-corrected chi connectivity index (χ2v) is 8.04. The minimum Gasteiger partial charge on any atom is -0.463 e. The molecule has 1 fully saturated rings. The van der Waals surface area contributed by atoms with Crippen LogP contribution in [0.2, 0.25) is 0 Å². The van der Waals surface area contributed by atoms with Crippen LogP contribution < -0.4 is 0 Å². The Balaban J connectivity index is 1.73. The summed E-state index contributed by atoms with van der Waals surface area (Å²) in [7, 11) is 0. The highest BCUT2D eigenvalue weighted by Gasteiger charge is 2.23. The van der Waals surface area contributed by atoms with Gasteiger partial charge in [-0.15, -0.1) is 0 Å². The van der Waals surface area contributed by atoms with E-state index in [0.717, 1.165) is 12.8 Å². The fourth-order valence-corrected chi connectivity index (χ4v) is 3.58. The quantitative estimate of drug-likeness (QED) is 0.198. The second kappa shape index (κ2) is 17.5. The number of rotatable bonds is 18. The molecular weight excluding hydrogens is 340 g/mol. The molecule has 1 aliphatic rings. The van der Waals surface area contributed by atoms with Gasteiger partial charge in [0.25, 0.3) is 0 Å². The van der Waals surface area contributed by atoms with Crippen LogP contribution in [-0.2, 0) is 19.0 Å². The molecule has 4 nitrogen and oxygen atoms in total. The van der Waals surface area contributed by atoms with E-state index >= 15 is 0 Å². The first-order valence-corrected chi connectivity index (χ1v) is 11.6. The van der Waals surface area contributed by atoms with Crippen molar-refractivity contribution in [3.05, 3.63) is 0 Å². The smallest absolute Gasteiger partial charge is 0.305 e. The number of hydrogen-bond acceptors (Lipinski definition) is 4. The molecule has 1 saturated heterocycles. The summed E-state index contributed by atoms with van der Waals surface area (Å²) >= 11 is 0. The highest BCUT2D eigenvalue weighted by atomic mass is 16.7. The van der Waals surface area contributed by atoms with Gasteiger partial charge in [-0.05, 0) is 13.3 Å². The molecular formula is C23H44O4. The van der Waals surface area contributed by atoms with E-state index < -0.39 is 0 Å². The minimum absolute atomic E-state index is 0.0926. The Morgan fingerprint density at radius 2 is 1.30 bits per heavy atom. The molecule has 0 aromatic heterocycles. The first kappa shape index (κ1) is 24.4. The Labute approximate surface area is 167 Å². The third-order valence-electron chi connectivity index (χ3n) is 5.32. The average Bonchev–Trinajstić information content (AvgIpc) is 3.08. The summed E-state index contributed by atoms with van der Waals surface area (Å²) in [6, 6.07) is 0. The minimum atomic E-state index is -0.177. The number of carbonyl (C=O) groups is 1. The lowest BCUT2D eigenvalue weighted by molar-refractivity contribution is -0.147. The third-order valence-corrected chi connectivity index (χ3v) is 5.32. The molecule has 0 aromatic rings. The molecule has 27 heavy (non-hydrogen) atoms. The van der Waals surface area contributed by atoms with Crippen LogP contribution in [0, 0.1) is 0 Å². The van der Waals surface area contributed by atoms with E-state index in [2.05, 4.69) is 6.92 Å². The summed E-state index contributed by atoms with van der Waals surface area (Å²) in [6.07, 6.45) is 20.3. The van der Waals surface area contributed by atoms with Crippen LogP contribution in [-0.4, -0.2) is 31.6 Å². The lowest BCUT2D eigenvalue weighted by Crippen LogP contribution is -2.21. The Bertz CT molecular complexity index is 345. The fourth-order valence-electron chi connectivity index (χ4n) is 3.58. The van der Waals surface area contributed by atoms with Crippen molar-refractivity contribution < 1.29 is 19.0 Å². The van der Waals surface area contributed by atoms with Gasteiger partial charge in [0.15, 0.2) is 6.29 Å². The Morgan fingerprint density at radius 1 is 0.815 bits per heavy atom. The van der Waals surface area contributed by atoms with Crippen LogP contribution in [0.25, 0.3) is 0 Å². The highest BCUT2D eigenvalue weighted by molar-refractivity contribution is 5.69. The summed E-state index contributed by atoms with van der Waals surface area (Å²) in [5.41, 5.74) is 0. The van der Waals surface area contributed by atoms with Gasteiger partial charge in [-0.1, -0.05) is 96.8 Å². The van der Waals surface area contributed by atoms with E-state index in [4.69, 9.17) is 14.2 Å². The molecule has 1 rings (SSSR count). The number of carbonyl (C=O) groups excluding carboxylic acids is 1. The lowest BCUT2D eigenvalue weighted by atomic mass is 10.0. The van der Waals surface area contributed by atoms with Crippen molar-refractivity contribution in [1.82, 2.24) is 0 Å². The molecule has 0 radical (unpaired) electrons. The zero-order valence-electron chi connectivity index (χ0n) is 18.0. The zero-order valence-corrected chi connectivity index (χ0v) is 18.0. The van der Waals surface area contributed by atoms with E-state index in [1.54, 1.807) is 0 Å². The van der Waals surface area contributed by atoms with Crippen LogP contribution in [0.3, 0.4) is 0 Å². The van der Waals surface area contributed by atoms with E-state index in [-0.39, 0.29) is 18.4 Å². The molecule has 2 atom stereocenters. The molecule has 2 unspecified atom stereocenters. The molecule has 0 N–H and O–H groups in total. The van der Waals surface area contributed by atoms with Gasteiger partial charge in [0, 0.05) is 6.42 Å². The molecule has 0 bridgehead atoms. The van der Waals surface area contributed by atoms with Crippen molar-refractivity contribution in [2.24, 2.45) is 0 Å². The molecule has 1 aliphatic heterocycles. The maximum atomic E-state index is 11.7. The first-order valence-electron chi connectivity index (χ1n) is 11.6. The Kier molecular flexibility index (Phi) is 15.8. The van der Waals surface area contributed by atoms with Crippen LogP contribution in [0.15, 0.2) is 0 Å². The standard InChI is InChI=1S/C23H44O4/c1-3-4-5-6-7-8-9-10-11-12-13-14-15-16-17-18-23(24)26-20-22-19-25-21(2)27-22/h21-22H,3-20H2,1-2H3. The maximum absolute atomic E-state index is 11.7. The monoisotopic (exact) mass is 384 g/mol. The Hall–Kier alpha value is -0.610. The number of esters is 1. The molecule has 0 spiro atoms. The normalized spacial score (nSPS) is 19.5. The van der Waals surface area contributed by atoms with Crippen LogP contribution in [0.1, 0.15) is 117 Å². The van der Waals surface area contributed by atoms with E-state index in [9.17, 15) is 4.79 Å². The number of ether oxygens (including phenoxy) is 3. The SMILES string of the molecule is CCCCCCCCCCCCCCCCCC(=O)OCC1COC(C)O1. The first-order chi connectivity index (χ1) is 13.2. The predicted octanol–water partition coefficient (Wildman–Crippen LogP) is 6.55. The highest BCUT2D eigenvalue weighted by Crippen LogP contribution is 2.14. The van der Waals surface area contributed by atoms with Crippen molar-refractivity contribution in [3.63, 3.8) is 0 Å². The topological polar surface area (TPSA) is 44.8 Å². The van der Waals surface area contributed by atoms with Crippen LogP contribution in [0.4, 0.5) is 0 Å². The second-order valence-electron chi connectivity index (χ2n) is 8.04. The third kappa shape index (κ3) is 15.0. The molecule has 160 valence electrons. The average molecular weight is 385 g/mol. The lowest BCUT2D eigenvalue weighted by Gasteiger charge is -2.09. The maximum Gasteiger partial charge on any atom is 0.305 e. The van der Waals surface area contributed by atoms with Crippen molar-refractivity contribution in [2.45, 2.75) is 129 Å². The van der Waals surface area contributed by atoms with E-state index in [1.807, 2.05) is 6.92 Å². The molecule has 1 heterocycles. The van der Waals surface area contributed by atoms with Gasteiger partial charge in [-0.25, -0.2) is 0 Å². The summed E-state index contributed by atoms with van der Waals surface area (Å²) in [5, 5.41) is 0. The summed E-state index contributed by atoms with van der Waals surface area (Å²) < 4.78 is 16.0. The molecule has 0 amide bonds. The number of unbranched alkanes of at least 4 members (excludes halogenated alkanes) is 14. The summed E-state index contributed by atoms with van der Waals surface area (Å²) in [6.45, 7) is 4.98. The molecule has 4 heteroatoms. The van der Waals surface area contributed by atoms with Crippen molar-refractivity contribution in [3.8, 4) is 0 Å². The van der Waals surface area contributed by atoms with Crippen molar-refractivity contribution in [2.75, 3.05) is 13.2 Å². The number of hydrogen-bond donors (Lipinski definition) is 0. The summed E-state index contributed by atoms with van der Waals surface area (Å²) in [5.74, 6) is -0.104. The van der Waals surface area contributed by atoms with Crippen LogP contribution >= 0.6 is 0 Å². The van der Waals surface area contributed by atoms with E-state index in [1.165, 1.54) is 83.5 Å². The van der Waals surface area contributed by atoms with Crippen molar-refractivity contribution in [1.29, 1.82) is 0 Å². The van der Waals surface area contributed by atoms with Gasteiger partial charge in [0.1, 0.15) is 12.7 Å². The predicted molar refractivity (Wildman–Crippen MR) is 111 cm³/mol. The van der Waals surface area contributed by atoms with Gasteiger partial charge in [0.05, 0.1) is 6.61 Å². The largest absolute Gasteiger partial charge is 0.463 e. The Morgan fingerprint density at radius 3 is 1.74 bits per heavy atom. The van der Waals surface area contributed by atoms with Gasteiger partial charge in [0.2, 0.25) is 0 Å². The van der Waals surface area contributed by atoms with Crippen molar-refractivity contribution >= 4 is 5.97 Å². The molecule has 0 saturated carbocycles. The van der Waals surface area contributed by atoms with Crippen LogP contribution in [0.5, 0.6) is 0 Å². The van der Waals surface area contributed by atoms with E-state index in [0.29, 0.717) is 19.6 Å². The van der Waals surface area contributed by atoms with Gasteiger partial charge >= 0.3 is 5.97 Å².